The van der Waals surface area contributed by atoms with E-state index in [0.29, 0.717) is 28.0 Å². The largest absolute Gasteiger partial charge is 0.497 e. The average molecular weight is 300 g/mol. The second kappa shape index (κ2) is 5.48. The topological polar surface area (TPSA) is 64.4 Å². The van der Waals surface area contributed by atoms with Gasteiger partial charge >= 0.3 is 5.97 Å². The molecule has 0 atom stereocenters. The van der Waals surface area contributed by atoms with Gasteiger partial charge in [0.25, 0.3) is 0 Å². The van der Waals surface area contributed by atoms with E-state index in [1.807, 2.05) is 0 Å². The number of carbonyl (C=O) groups is 1. The molecule has 0 radical (unpaired) electrons. The Morgan fingerprint density at radius 2 is 2.00 bits per heavy atom. The molecule has 3 aromatic rings. The minimum Gasteiger partial charge on any atom is -0.497 e. The number of carboxylic acid groups (broad SMARTS) is 1. The predicted molar refractivity (Wildman–Crippen MR) is 78.9 cm³/mol. The Morgan fingerprint density at radius 3 is 2.64 bits per heavy atom. The normalized spacial score (nSPS) is 10.8. The van der Waals surface area contributed by atoms with Crippen LogP contribution < -0.4 is 4.74 Å². The van der Waals surface area contributed by atoms with Crippen molar-refractivity contribution >= 4 is 16.9 Å². The van der Waals surface area contributed by atoms with Crippen molar-refractivity contribution in [3.63, 3.8) is 0 Å². The lowest BCUT2D eigenvalue weighted by atomic mass is 10.1. The summed E-state index contributed by atoms with van der Waals surface area (Å²) in [6, 6.07) is 11.2. The summed E-state index contributed by atoms with van der Waals surface area (Å²) < 4.78 is 20.0. The van der Waals surface area contributed by atoms with Crippen LogP contribution in [0.4, 0.5) is 4.39 Å². The number of hydrogen-bond donors (Lipinski definition) is 1. The van der Waals surface area contributed by atoms with Gasteiger partial charge in [0.2, 0.25) is 0 Å². The molecule has 0 saturated carbocycles. The van der Waals surface area contributed by atoms with Crippen LogP contribution in [0.5, 0.6) is 5.75 Å². The maximum absolute atomic E-state index is 13.4. The Labute approximate surface area is 125 Å². The number of hydrogen-bond acceptors (Lipinski definition) is 3. The summed E-state index contributed by atoms with van der Waals surface area (Å²) in [5, 5.41) is 14.1. The molecule has 5 nitrogen and oxygen atoms in total. The number of fused-ring (bicyclic) bond motifs is 1. The highest BCUT2D eigenvalue weighted by molar-refractivity contribution is 5.86. The minimum atomic E-state index is -0.971. The highest BCUT2D eigenvalue weighted by Crippen LogP contribution is 2.24. The number of rotatable bonds is 4. The standard InChI is InChI=1S/C16H13FN2O3/c1-22-12-5-3-11(4-6-12)19-15(9-16(20)21)13-7-2-10(17)8-14(13)18-19/h2-8H,9H2,1H3,(H,20,21). The number of aliphatic carboxylic acids is 1. The molecule has 0 fully saturated rings. The summed E-state index contributed by atoms with van der Waals surface area (Å²) >= 11 is 0. The van der Waals surface area contributed by atoms with Crippen molar-refractivity contribution in [1.29, 1.82) is 0 Å². The van der Waals surface area contributed by atoms with Gasteiger partial charge in [0.15, 0.2) is 0 Å². The molecule has 1 N–H and O–H groups in total. The lowest BCUT2D eigenvalue weighted by Crippen LogP contribution is -2.08. The van der Waals surface area contributed by atoms with Gasteiger partial charge in [-0.05, 0) is 36.4 Å². The fraction of sp³-hybridized carbons (Fsp3) is 0.125. The fourth-order valence-corrected chi connectivity index (χ4v) is 2.36. The maximum atomic E-state index is 13.4. The lowest BCUT2D eigenvalue weighted by molar-refractivity contribution is -0.136. The Morgan fingerprint density at radius 1 is 1.27 bits per heavy atom. The molecule has 3 rings (SSSR count). The Hall–Kier alpha value is -2.89. The smallest absolute Gasteiger partial charge is 0.309 e. The molecule has 1 heterocycles. The van der Waals surface area contributed by atoms with Crippen LogP contribution in [-0.2, 0) is 11.2 Å². The van der Waals surface area contributed by atoms with Gasteiger partial charge in [-0.25, -0.2) is 9.07 Å². The third kappa shape index (κ3) is 2.50. The van der Waals surface area contributed by atoms with E-state index in [2.05, 4.69) is 5.10 Å². The first-order valence-electron chi connectivity index (χ1n) is 6.62. The molecular formula is C16H13FN2O3. The zero-order chi connectivity index (χ0) is 15.7. The van der Waals surface area contributed by atoms with Crippen LogP contribution in [-0.4, -0.2) is 28.0 Å². The number of methoxy groups -OCH3 is 1. The van der Waals surface area contributed by atoms with E-state index in [9.17, 15) is 9.18 Å². The molecular weight excluding hydrogens is 287 g/mol. The SMILES string of the molecule is COc1ccc(-n2nc3cc(F)ccc3c2CC(=O)O)cc1. The molecule has 22 heavy (non-hydrogen) atoms. The molecule has 0 bridgehead atoms. The second-order valence-corrected chi connectivity index (χ2v) is 4.79. The van der Waals surface area contributed by atoms with E-state index in [1.165, 1.54) is 16.8 Å². The number of nitrogens with zero attached hydrogens (tertiary/aromatic N) is 2. The maximum Gasteiger partial charge on any atom is 0.309 e. The number of benzene rings is 2. The minimum absolute atomic E-state index is 0.200. The Balaban J connectivity index is 2.19. The van der Waals surface area contributed by atoms with Crippen LogP contribution in [0, 0.1) is 5.82 Å². The van der Waals surface area contributed by atoms with Gasteiger partial charge in [0.1, 0.15) is 11.6 Å². The lowest BCUT2D eigenvalue weighted by Gasteiger charge is -2.07. The molecule has 0 aliphatic rings. The summed E-state index contributed by atoms with van der Waals surface area (Å²) in [4.78, 5) is 11.1. The highest BCUT2D eigenvalue weighted by Gasteiger charge is 2.16. The summed E-state index contributed by atoms with van der Waals surface area (Å²) in [5.74, 6) is -0.694. The van der Waals surface area contributed by atoms with Gasteiger partial charge in [-0.15, -0.1) is 0 Å². The van der Waals surface area contributed by atoms with Crippen LogP contribution >= 0.6 is 0 Å². The average Bonchev–Trinajstić information content (AvgIpc) is 2.84. The quantitative estimate of drug-likeness (QED) is 0.804. The van der Waals surface area contributed by atoms with Crippen molar-refractivity contribution in [3.8, 4) is 11.4 Å². The number of carboxylic acids is 1. The summed E-state index contributed by atoms with van der Waals surface area (Å²) in [7, 11) is 1.57. The fourth-order valence-electron chi connectivity index (χ4n) is 2.36. The first kappa shape index (κ1) is 14.1. The van der Waals surface area contributed by atoms with Crippen LogP contribution in [0.3, 0.4) is 0 Å². The molecule has 0 unspecified atom stereocenters. The Kier molecular flexibility index (Phi) is 3.50. The van der Waals surface area contributed by atoms with Gasteiger partial charge in [0, 0.05) is 11.5 Å². The van der Waals surface area contributed by atoms with Crippen LogP contribution in [0.2, 0.25) is 0 Å². The van der Waals surface area contributed by atoms with Gasteiger partial charge in [-0.3, -0.25) is 4.79 Å². The van der Waals surface area contributed by atoms with Crippen molar-refractivity contribution in [1.82, 2.24) is 9.78 Å². The summed E-state index contributed by atoms with van der Waals surface area (Å²) in [6.07, 6.45) is -0.200. The highest BCUT2D eigenvalue weighted by atomic mass is 19.1. The zero-order valence-corrected chi connectivity index (χ0v) is 11.8. The molecule has 0 saturated heterocycles. The van der Waals surface area contributed by atoms with E-state index in [-0.39, 0.29) is 6.42 Å². The van der Waals surface area contributed by atoms with Crippen LogP contribution in [0.15, 0.2) is 42.5 Å². The van der Waals surface area contributed by atoms with Crippen LogP contribution in [0.1, 0.15) is 5.69 Å². The van der Waals surface area contributed by atoms with Crippen molar-refractivity contribution in [2.24, 2.45) is 0 Å². The van der Waals surface area contributed by atoms with Crippen molar-refractivity contribution in [2.45, 2.75) is 6.42 Å². The molecule has 6 heteroatoms. The monoisotopic (exact) mass is 300 g/mol. The van der Waals surface area contributed by atoms with Gasteiger partial charge < -0.3 is 9.84 Å². The van der Waals surface area contributed by atoms with E-state index >= 15 is 0 Å². The van der Waals surface area contributed by atoms with Gasteiger partial charge in [-0.1, -0.05) is 0 Å². The van der Waals surface area contributed by atoms with E-state index in [1.54, 1.807) is 37.4 Å². The van der Waals surface area contributed by atoms with Crippen LogP contribution in [0.25, 0.3) is 16.6 Å². The molecule has 0 amide bonds. The number of aromatic nitrogens is 2. The first-order chi connectivity index (χ1) is 10.6. The molecule has 2 aromatic carbocycles. The molecule has 0 aliphatic heterocycles. The van der Waals surface area contributed by atoms with E-state index < -0.39 is 11.8 Å². The van der Waals surface area contributed by atoms with Gasteiger partial charge in [-0.2, -0.15) is 5.10 Å². The third-order valence-corrected chi connectivity index (χ3v) is 3.37. The molecule has 0 spiro atoms. The first-order valence-corrected chi connectivity index (χ1v) is 6.62. The van der Waals surface area contributed by atoms with Gasteiger partial charge in [0.05, 0.1) is 30.4 Å². The predicted octanol–water partition coefficient (Wildman–Crippen LogP) is 2.80. The second-order valence-electron chi connectivity index (χ2n) is 4.79. The van der Waals surface area contributed by atoms with E-state index in [0.717, 1.165) is 0 Å². The third-order valence-electron chi connectivity index (χ3n) is 3.37. The Bertz CT molecular complexity index is 840. The zero-order valence-electron chi connectivity index (χ0n) is 11.8. The number of halogens is 1. The molecule has 0 aliphatic carbocycles. The van der Waals surface area contributed by atoms with Crippen molar-refractivity contribution in [3.05, 3.63) is 54.0 Å². The summed E-state index contributed by atoms with van der Waals surface area (Å²) in [5.41, 5.74) is 1.62. The summed E-state index contributed by atoms with van der Waals surface area (Å²) in [6.45, 7) is 0. The van der Waals surface area contributed by atoms with Crippen molar-refractivity contribution < 1.29 is 19.0 Å². The van der Waals surface area contributed by atoms with E-state index in [4.69, 9.17) is 9.84 Å². The molecule has 1 aromatic heterocycles. The van der Waals surface area contributed by atoms with Crippen molar-refractivity contribution in [2.75, 3.05) is 7.11 Å². The molecule has 112 valence electrons. The number of ether oxygens (including phenoxy) is 1.